The zero-order chi connectivity index (χ0) is 15.9. The maximum Gasteiger partial charge on any atom is 0.255 e. The van der Waals surface area contributed by atoms with Crippen LogP contribution in [0.4, 0.5) is 5.69 Å². The molecule has 0 unspecified atom stereocenters. The monoisotopic (exact) mass is 299 g/mol. The lowest BCUT2D eigenvalue weighted by molar-refractivity contribution is 0.102. The Hall–Kier alpha value is -2.49. The van der Waals surface area contributed by atoms with Gasteiger partial charge in [-0.1, -0.05) is 6.07 Å². The van der Waals surface area contributed by atoms with Crippen molar-refractivity contribution >= 4 is 11.6 Å². The fraction of sp³-hybridized carbons (Fsp3) is 0.278. The third-order valence-electron chi connectivity index (χ3n) is 2.89. The normalized spacial score (nSPS) is 10.4. The Morgan fingerprint density at radius 3 is 2.45 bits per heavy atom. The third kappa shape index (κ3) is 4.52. The topological polar surface area (TPSA) is 47.6 Å². The number of carbonyl (C=O) groups is 1. The summed E-state index contributed by atoms with van der Waals surface area (Å²) in [6.07, 6.45) is 0.0945. The molecule has 0 aliphatic carbocycles. The first-order valence-electron chi connectivity index (χ1n) is 7.39. The van der Waals surface area contributed by atoms with E-state index < -0.39 is 0 Å². The van der Waals surface area contributed by atoms with Crippen molar-refractivity contribution in [3.05, 3.63) is 54.1 Å². The van der Waals surface area contributed by atoms with Gasteiger partial charge in [0.25, 0.3) is 5.91 Å². The lowest BCUT2D eigenvalue weighted by Crippen LogP contribution is -2.12. The van der Waals surface area contributed by atoms with Gasteiger partial charge in [-0.3, -0.25) is 4.79 Å². The lowest BCUT2D eigenvalue weighted by Gasteiger charge is -2.11. The first-order valence-corrected chi connectivity index (χ1v) is 7.39. The van der Waals surface area contributed by atoms with Crippen molar-refractivity contribution in [2.24, 2.45) is 0 Å². The molecule has 0 aromatic heterocycles. The zero-order valence-electron chi connectivity index (χ0n) is 13.1. The molecule has 4 heteroatoms. The summed E-state index contributed by atoms with van der Waals surface area (Å²) < 4.78 is 11.0. The van der Waals surface area contributed by atoms with Gasteiger partial charge in [0.05, 0.1) is 12.7 Å². The van der Waals surface area contributed by atoms with Crippen LogP contribution in [0.5, 0.6) is 11.5 Å². The largest absolute Gasteiger partial charge is 0.494 e. The number of nitrogens with one attached hydrogen (secondary N) is 1. The third-order valence-corrected chi connectivity index (χ3v) is 2.89. The summed E-state index contributed by atoms with van der Waals surface area (Å²) in [5.41, 5.74) is 1.29. The molecule has 0 aliphatic rings. The van der Waals surface area contributed by atoms with Crippen molar-refractivity contribution in [2.75, 3.05) is 11.9 Å². The molecule has 0 aliphatic heterocycles. The van der Waals surface area contributed by atoms with Crippen molar-refractivity contribution in [3.63, 3.8) is 0 Å². The van der Waals surface area contributed by atoms with E-state index in [1.807, 2.05) is 45.0 Å². The van der Waals surface area contributed by atoms with Gasteiger partial charge in [-0.25, -0.2) is 0 Å². The zero-order valence-corrected chi connectivity index (χ0v) is 13.1. The first kappa shape index (κ1) is 15.9. The molecule has 0 spiro atoms. The molecule has 0 heterocycles. The summed E-state index contributed by atoms with van der Waals surface area (Å²) in [6, 6.07) is 14.4. The Morgan fingerprint density at radius 1 is 1.09 bits per heavy atom. The quantitative estimate of drug-likeness (QED) is 0.872. The number of benzene rings is 2. The van der Waals surface area contributed by atoms with Gasteiger partial charge in [0.2, 0.25) is 0 Å². The molecule has 0 bridgehead atoms. The maximum atomic E-state index is 12.2. The molecule has 0 fully saturated rings. The number of carbonyl (C=O) groups excluding carboxylic acids is 1. The molecule has 4 nitrogen and oxygen atoms in total. The smallest absolute Gasteiger partial charge is 0.255 e. The Balaban J connectivity index is 2.05. The Bertz CT molecular complexity index is 620. The van der Waals surface area contributed by atoms with Crippen molar-refractivity contribution in [1.82, 2.24) is 0 Å². The highest BCUT2D eigenvalue weighted by Crippen LogP contribution is 2.20. The first-order chi connectivity index (χ1) is 10.6. The molecule has 2 rings (SSSR count). The molecule has 22 heavy (non-hydrogen) atoms. The maximum absolute atomic E-state index is 12.2. The van der Waals surface area contributed by atoms with Gasteiger partial charge in [0.15, 0.2) is 0 Å². The lowest BCUT2D eigenvalue weighted by atomic mass is 10.2. The van der Waals surface area contributed by atoms with E-state index in [2.05, 4.69) is 5.32 Å². The SMILES string of the molecule is CCOc1ccc(C(=O)Nc2cccc(OC(C)C)c2)cc1. The number of hydrogen-bond donors (Lipinski definition) is 1. The van der Waals surface area contributed by atoms with E-state index in [4.69, 9.17) is 9.47 Å². The van der Waals surface area contributed by atoms with Gasteiger partial charge < -0.3 is 14.8 Å². The fourth-order valence-electron chi connectivity index (χ4n) is 1.99. The Labute approximate surface area is 131 Å². The fourth-order valence-corrected chi connectivity index (χ4v) is 1.99. The van der Waals surface area contributed by atoms with Crippen molar-refractivity contribution in [2.45, 2.75) is 26.9 Å². The van der Waals surface area contributed by atoms with Gasteiger partial charge >= 0.3 is 0 Å². The van der Waals surface area contributed by atoms with Crippen LogP contribution in [0.2, 0.25) is 0 Å². The minimum atomic E-state index is -0.162. The average Bonchev–Trinajstić information content (AvgIpc) is 2.48. The van der Waals surface area contributed by atoms with E-state index in [0.717, 1.165) is 11.5 Å². The molecule has 0 saturated carbocycles. The number of amides is 1. The van der Waals surface area contributed by atoms with Crippen LogP contribution in [0.1, 0.15) is 31.1 Å². The van der Waals surface area contributed by atoms with E-state index in [9.17, 15) is 4.79 Å². The molecular weight excluding hydrogens is 278 g/mol. The van der Waals surface area contributed by atoms with Crippen LogP contribution in [-0.4, -0.2) is 18.6 Å². The van der Waals surface area contributed by atoms with Crippen LogP contribution in [0.25, 0.3) is 0 Å². The van der Waals surface area contributed by atoms with Gasteiger partial charge in [0, 0.05) is 17.3 Å². The van der Waals surface area contributed by atoms with Gasteiger partial charge in [-0.2, -0.15) is 0 Å². The van der Waals surface area contributed by atoms with Crippen LogP contribution in [0, 0.1) is 0 Å². The molecule has 116 valence electrons. The molecule has 2 aromatic carbocycles. The Kier molecular flexibility index (Phi) is 5.42. The predicted molar refractivity (Wildman–Crippen MR) is 87.8 cm³/mol. The number of ether oxygens (including phenoxy) is 2. The van der Waals surface area contributed by atoms with Crippen LogP contribution in [0.3, 0.4) is 0 Å². The molecule has 1 amide bonds. The van der Waals surface area contributed by atoms with E-state index in [0.29, 0.717) is 17.9 Å². The minimum Gasteiger partial charge on any atom is -0.494 e. The van der Waals surface area contributed by atoms with Gasteiger partial charge in [-0.05, 0) is 57.2 Å². The molecule has 2 aromatic rings. The molecule has 1 N–H and O–H groups in total. The molecule has 0 saturated heterocycles. The van der Waals surface area contributed by atoms with Gasteiger partial charge in [-0.15, -0.1) is 0 Å². The van der Waals surface area contributed by atoms with Crippen LogP contribution in [0.15, 0.2) is 48.5 Å². The van der Waals surface area contributed by atoms with Crippen molar-refractivity contribution in [1.29, 1.82) is 0 Å². The second-order valence-electron chi connectivity index (χ2n) is 5.11. The summed E-state index contributed by atoms with van der Waals surface area (Å²) in [5, 5.41) is 2.86. The van der Waals surface area contributed by atoms with Crippen molar-refractivity contribution in [3.8, 4) is 11.5 Å². The molecule has 0 atom stereocenters. The van der Waals surface area contributed by atoms with Crippen LogP contribution >= 0.6 is 0 Å². The number of anilines is 1. The molecule has 0 radical (unpaired) electrons. The molecular formula is C18H21NO3. The highest BCUT2D eigenvalue weighted by molar-refractivity contribution is 6.04. The van der Waals surface area contributed by atoms with E-state index >= 15 is 0 Å². The second kappa shape index (κ2) is 7.50. The average molecular weight is 299 g/mol. The standard InChI is InChI=1S/C18H21NO3/c1-4-21-16-10-8-14(9-11-16)18(20)19-15-6-5-7-17(12-15)22-13(2)3/h5-13H,4H2,1-3H3,(H,19,20). The van der Waals surface area contributed by atoms with E-state index in [1.54, 1.807) is 24.3 Å². The van der Waals surface area contributed by atoms with Crippen LogP contribution in [-0.2, 0) is 0 Å². The summed E-state index contributed by atoms with van der Waals surface area (Å²) in [6.45, 7) is 6.46. The van der Waals surface area contributed by atoms with Crippen LogP contribution < -0.4 is 14.8 Å². The highest BCUT2D eigenvalue weighted by atomic mass is 16.5. The summed E-state index contributed by atoms with van der Waals surface area (Å²) in [7, 11) is 0. The van der Waals surface area contributed by atoms with Gasteiger partial charge in [0.1, 0.15) is 11.5 Å². The summed E-state index contributed by atoms with van der Waals surface area (Å²) in [5.74, 6) is 1.33. The summed E-state index contributed by atoms with van der Waals surface area (Å²) in [4.78, 5) is 12.2. The highest BCUT2D eigenvalue weighted by Gasteiger charge is 2.07. The van der Waals surface area contributed by atoms with E-state index in [1.165, 1.54) is 0 Å². The minimum absolute atomic E-state index is 0.0945. The predicted octanol–water partition coefficient (Wildman–Crippen LogP) is 4.12. The number of hydrogen-bond acceptors (Lipinski definition) is 3. The van der Waals surface area contributed by atoms with Crippen molar-refractivity contribution < 1.29 is 14.3 Å². The second-order valence-corrected chi connectivity index (χ2v) is 5.11. The summed E-state index contributed by atoms with van der Waals surface area (Å²) >= 11 is 0. The Morgan fingerprint density at radius 2 is 1.82 bits per heavy atom. The number of rotatable bonds is 6. The van der Waals surface area contributed by atoms with E-state index in [-0.39, 0.29) is 12.0 Å².